The highest BCUT2D eigenvalue weighted by atomic mass is 16.5. The van der Waals surface area contributed by atoms with E-state index in [-0.39, 0.29) is 18.1 Å². The van der Waals surface area contributed by atoms with Crippen LogP contribution in [0.1, 0.15) is 30.9 Å². The van der Waals surface area contributed by atoms with Gasteiger partial charge in [-0.15, -0.1) is 0 Å². The molecule has 1 aromatic carbocycles. The van der Waals surface area contributed by atoms with Crippen LogP contribution in [-0.4, -0.2) is 54.1 Å². The maximum absolute atomic E-state index is 11.8. The van der Waals surface area contributed by atoms with E-state index >= 15 is 0 Å². The van der Waals surface area contributed by atoms with E-state index in [0.717, 1.165) is 45.6 Å². The van der Waals surface area contributed by atoms with Crippen molar-refractivity contribution in [2.45, 2.75) is 31.9 Å². The van der Waals surface area contributed by atoms with Crippen molar-refractivity contribution in [2.75, 3.05) is 32.8 Å². The maximum Gasteiger partial charge on any atom is 0.248 e. The minimum atomic E-state index is -0.158. The average molecular weight is 313 g/mol. The zero-order valence-corrected chi connectivity index (χ0v) is 13.6. The Labute approximate surface area is 137 Å². The number of nitrogens with zero attached hydrogens (tertiary/aromatic N) is 3. The molecule has 2 aliphatic heterocycles. The van der Waals surface area contributed by atoms with Crippen molar-refractivity contribution in [2.24, 2.45) is 0 Å². The second-order valence-electron chi connectivity index (χ2n) is 6.47. The average Bonchev–Trinajstić information content (AvgIpc) is 2.59. The predicted molar refractivity (Wildman–Crippen MR) is 86.6 cm³/mol. The maximum atomic E-state index is 11.8. The molecule has 2 aliphatic rings. The van der Waals surface area contributed by atoms with Crippen molar-refractivity contribution in [3.63, 3.8) is 0 Å². The molecule has 5 nitrogen and oxygen atoms in total. The Balaban J connectivity index is 1.58. The lowest BCUT2D eigenvalue weighted by molar-refractivity contribution is -0.171. The van der Waals surface area contributed by atoms with E-state index in [1.807, 2.05) is 30.0 Å². The number of ether oxygens (including phenoxy) is 1. The number of piperidine rings is 1. The highest BCUT2D eigenvalue weighted by molar-refractivity contribution is 5.78. The van der Waals surface area contributed by atoms with Gasteiger partial charge in [0.15, 0.2) is 0 Å². The zero-order chi connectivity index (χ0) is 16.3. The lowest BCUT2D eigenvalue weighted by Crippen LogP contribution is -2.58. The quantitative estimate of drug-likeness (QED) is 0.853. The summed E-state index contributed by atoms with van der Waals surface area (Å²) < 4.78 is 5.92. The van der Waals surface area contributed by atoms with Gasteiger partial charge in [-0.1, -0.05) is 12.1 Å². The van der Waals surface area contributed by atoms with Gasteiger partial charge < -0.3 is 9.64 Å². The first-order valence-corrected chi connectivity index (χ1v) is 8.27. The first-order valence-electron chi connectivity index (χ1n) is 8.27. The van der Waals surface area contributed by atoms with E-state index in [4.69, 9.17) is 10.00 Å². The van der Waals surface area contributed by atoms with Crippen molar-refractivity contribution in [1.82, 2.24) is 9.80 Å². The topological polar surface area (TPSA) is 56.6 Å². The van der Waals surface area contributed by atoms with Crippen LogP contribution >= 0.6 is 0 Å². The molecule has 5 heteroatoms. The van der Waals surface area contributed by atoms with Crippen LogP contribution in [-0.2, 0) is 16.1 Å². The van der Waals surface area contributed by atoms with Crippen LogP contribution in [0.25, 0.3) is 0 Å². The van der Waals surface area contributed by atoms with E-state index in [1.165, 1.54) is 5.56 Å². The van der Waals surface area contributed by atoms with E-state index in [1.54, 1.807) is 0 Å². The molecule has 0 radical (unpaired) electrons. The van der Waals surface area contributed by atoms with Gasteiger partial charge in [0.2, 0.25) is 5.91 Å². The van der Waals surface area contributed by atoms with Gasteiger partial charge in [0, 0.05) is 32.7 Å². The van der Waals surface area contributed by atoms with Crippen LogP contribution in [0.2, 0.25) is 0 Å². The highest BCUT2D eigenvalue weighted by Gasteiger charge is 2.41. The van der Waals surface area contributed by atoms with Gasteiger partial charge in [0.05, 0.1) is 17.2 Å². The number of carbonyl (C=O) groups is 1. The van der Waals surface area contributed by atoms with Crippen molar-refractivity contribution in [3.05, 3.63) is 35.4 Å². The van der Waals surface area contributed by atoms with Gasteiger partial charge in [-0.25, -0.2) is 0 Å². The molecule has 1 spiro atoms. The van der Waals surface area contributed by atoms with E-state index in [2.05, 4.69) is 17.0 Å². The summed E-state index contributed by atoms with van der Waals surface area (Å²) in [5.74, 6) is 0.105. The first kappa shape index (κ1) is 16.0. The van der Waals surface area contributed by atoms with Crippen LogP contribution in [0.4, 0.5) is 0 Å². The SMILES string of the molecule is CCN1CC2(CCN(Cc3cccc(C#N)c3)CC2)OCC1=O. The molecular weight excluding hydrogens is 290 g/mol. The van der Waals surface area contributed by atoms with Crippen molar-refractivity contribution >= 4 is 5.91 Å². The lowest BCUT2D eigenvalue weighted by Gasteiger charge is -2.46. The number of nitriles is 1. The summed E-state index contributed by atoms with van der Waals surface area (Å²) in [6.45, 7) is 6.51. The normalized spacial score (nSPS) is 21.4. The summed E-state index contributed by atoms with van der Waals surface area (Å²) in [6.07, 6.45) is 1.91. The molecule has 0 unspecified atom stereocenters. The van der Waals surface area contributed by atoms with Gasteiger partial charge in [0.25, 0.3) is 0 Å². The van der Waals surface area contributed by atoms with Crippen LogP contribution < -0.4 is 0 Å². The lowest BCUT2D eigenvalue weighted by atomic mass is 9.89. The Hall–Kier alpha value is -1.90. The molecule has 0 N–H and O–H groups in total. The fraction of sp³-hybridized carbons (Fsp3) is 0.556. The molecule has 0 aliphatic carbocycles. The molecule has 3 rings (SSSR count). The molecule has 1 amide bonds. The fourth-order valence-electron chi connectivity index (χ4n) is 3.49. The van der Waals surface area contributed by atoms with Crippen LogP contribution in [0.3, 0.4) is 0 Å². The Bertz CT molecular complexity index is 615. The van der Waals surface area contributed by atoms with Gasteiger partial charge in [-0.2, -0.15) is 5.26 Å². The van der Waals surface area contributed by atoms with Crippen LogP contribution in [0.15, 0.2) is 24.3 Å². The monoisotopic (exact) mass is 313 g/mol. The standard InChI is InChI=1S/C18H23N3O2/c1-2-21-14-18(23-13-17(21)22)6-8-20(9-7-18)12-16-5-3-4-15(10-16)11-19/h3-5,10H,2,6-9,12-14H2,1H3. The zero-order valence-electron chi connectivity index (χ0n) is 13.6. The van der Waals surface area contributed by atoms with E-state index < -0.39 is 0 Å². The number of hydrogen-bond donors (Lipinski definition) is 0. The fourth-order valence-corrected chi connectivity index (χ4v) is 3.49. The molecule has 2 saturated heterocycles. The third-order valence-electron chi connectivity index (χ3n) is 4.94. The first-order chi connectivity index (χ1) is 11.1. The molecule has 2 fully saturated rings. The highest BCUT2D eigenvalue weighted by Crippen LogP contribution is 2.31. The van der Waals surface area contributed by atoms with Crippen molar-refractivity contribution in [1.29, 1.82) is 5.26 Å². The van der Waals surface area contributed by atoms with Crippen molar-refractivity contribution in [3.8, 4) is 6.07 Å². The smallest absolute Gasteiger partial charge is 0.248 e. The molecule has 2 heterocycles. The van der Waals surface area contributed by atoms with Gasteiger partial charge in [-0.3, -0.25) is 9.69 Å². The summed E-state index contributed by atoms with van der Waals surface area (Å²) in [6, 6.07) is 9.99. The third-order valence-corrected chi connectivity index (χ3v) is 4.94. The predicted octanol–water partition coefficient (Wildman–Crippen LogP) is 1.77. The number of benzene rings is 1. The van der Waals surface area contributed by atoms with Gasteiger partial charge >= 0.3 is 0 Å². The largest absolute Gasteiger partial charge is 0.363 e. The van der Waals surface area contributed by atoms with E-state index in [9.17, 15) is 4.79 Å². The van der Waals surface area contributed by atoms with E-state index in [0.29, 0.717) is 5.56 Å². The Kier molecular flexibility index (Phi) is 4.65. The molecule has 0 atom stereocenters. The molecule has 1 aromatic rings. The summed E-state index contributed by atoms with van der Waals surface area (Å²) in [7, 11) is 0. The number of hydrogen-bond acceptors (Lipinski definition) is 4. The van der Waals surface area contributed by atoms with Crippen molar-refractivity contribution < 1.29 is 9.53 Å². The van der Waals surface area contributed by atoms with Gasteiger partial charge in [-0.05, 0) is 37.5 Å². The number of rotatable bonds is 3. The summed E-state index contributed by atoms with van der Waals surface area (Å²) in [5.41, 5.74) is 1.73. The second-order valence-corrected chi connectivity index (χ2v) is 6.47. The molecule has 0 aromatic heterocycles. The number of carbonyl (C=O) groups excluding carboxylic acids is 1. The van der Waals surface area contributed by atoms with Crippen LogP contribution in [0, 0.1) is 11.3 Å². The minimum absolute atomic E-state index is 0.105. The molecule has 0 saturated carbocycles. The Morgan fingerprint density at radius 3 is 2.83 bits per heavy atom. The minimum Gasteiger partial charge on any atom is -0.363 e. The second kappa shape index (κ2) is 6.69. The Morgan fingerprint density at radius 1 is 1.35 bits per heavy atom. The number of likely N-dealkylation sites (N-methyl/N-ethyl adjacent to an activating group) is 1. The molecule has 122 valence electrons. The molecular formula is C18H23N3O2. The summed E-state index contributed by atoms with van der Waals surface area (Å²) in [5, 5.41) is 8.99. The Morgan fingerprint density at radius 2 is 2.13 bits per heavy atom. The summed E-state index contributed by atoms with van der Waals surface area (Å²) >= 11 is 0. The number of morpholine rings is 1. The number of likely N-dealkylation sites (tertiary alicyclic amines) is 1. The molecule has 23 heavy (non-hydrogen) atoms. The molecule has 0 bridgehead atoms. The van der Waals surface area contributed by atoms with Crippen LogP contribution in [0.5, 0.6) is 0 Å². The summed E-state index contributed by atoms with van der Waals surface area (Å²) in [4.78, 5) is 16.1. The van der Waals surface area contributed by atoms with Gasteiger partial charge in [0.1, 0.15) is 6.61 Å². The number of amides is 1. The third kappa shape index (κ3) is 3.54.